The van der Waals surface area contributed by atoms with Crippen LogP contribution in [0.25, 0.3) is 0 Å². The summed E-state index contributed by atoms with van der Waals surface area (Å²) < 4.78 is 43.8. The molecular weight excluding hydrogens is 277 g/mol. The smallest absolute Gasteiger partial charge is 0.330 e. The van der Waals surface area contributed by atoms with Gasteiger partial charge in [0.15, 0.2) is 11.6 Å². The molecule has 0 aliphatic carbocycles. The van der Waals surface area contributed by atoms with Crippen molar-refractivity contribution in [1.29, 1.82) is 0 Å². The summed E-state index contributed by atoms with van der Waals surface area (Å²) >= 11 is 0. The van der Waals surface area contributed by atoms with Crippen LogP contribution in [0, 0.1) is 17.5 Å². The lowest BCUT2D eigenvalue weighted by molar-refractivity contribution is -0.144. The average molecular weight is 290 g/mol. The highest BCUT2D eigenvalue weighted by Crippen LogP contribution is 2.19. The van der Waals surface area contributed by atoms with E-state index in [1.807, 2.05) is 0 Å². The highest BCUT2D eigenvalue weighted by atomic mass is 19.2. The van der Waals surface area contributed by atoms with E-state index in [0.29, 0.717) is 6.07 Å². The van der Waals surface area contributed by atoms with Crippen LogP contribution in [0.1, 0.15) is 6.92 Å². The molecule has 8 heteroatoms. The predicted molar refractivity (Wildman–Crippen MR) is 64.4 cm³/mol. The Kier molecular flexibility index (Phi) is 5.36. The maximum Gasteiger partial charge on any atom is 0.330 e. The van der Waals surface area contributed by atoms with E-state index in [4.69, 9.17) is 0 Å². The third kappa shape index (κ3) is 4.15. The fourth-order valence-corrected chi connectivity index (χ4v) is 1.48. The van der Waals surface area contributed by atoms with E-state index in [1.54, 1.807) is 0 Å². The van der Waals surface area contributed by atoms with Crippen molar-refractivity contribution < 1.29 is 27.5 Å². The summed E-state index contributed by atoms with van der Waals surface area (Å²) in [7, 11) is 1.11. The molecule has 20 heavy (non-hydrogen) atoms. The number of carbonyl (C=O) groups is 2. The number of rotatable bonds is 5. The van der Waals surface area contributed by atoms with Crippen molar-refractivity contribution in [3.05, 3.63) is 29.6 Å². The number of hydrogen-bond donors (Lipinski definition) is 2. The number of methoxy groups -OCH3 is 1. The third-order valence-electron chi connectivity index (χ3n) is 2.35. The summed E-state index contributed by atoms with van der Waals surface area (Å²) in [5.41, 5.74) is -0.457. The molecule has 1 atom stereocenters. The monoisotopic (exact) mass is 290 g/mol. The minimum Gasteiger partial charge on any atom is -0.467 e. The lowest BCUT2D eigenvalue weighted by Crippen LogP contribution is -2.45. The van der Waals surface area contributed by atoms with E-state index in [2.05, 4.69) is 15.4 Å². The first-order chi connectivity index (χ1) is 9.35. The molecule has 0 heterocycles. The standard InChI is InChI=1S/C12H13F3N2O3/c1-6(18)17-10(12(19)20-2)5-16-9-4-7(13)3-8(14)11(9)15/h3-4,10,16H,5H2,1-2H3,(H,17,18). The van der Waals surface area contributed by atoms with Crippen LogP contribution in [0.15, 0.2) is 12.1 Å². The van der Waals surface area contributed by atoms with Gasteiger partial charge in [-0.2, -0.15) is 0 Å². The molecule has 0 saturated heterocycles. The summed E-state index contributed by atoms with van der Waals surface area (Å²) in [4.78, 5) is 22.3. The number of carbonyl (C=O) groups excluding carboxylic acids is 2. The van der Waals surface area contributed by atoms with Crippen LogP contribution in [0.4, 0.5) is 18.9 Å². The number of nitrogens with one attached hydrogen (secondary N) is 2. The quantitative estimate of drug-likeness (QED) is 0.631. The molecule has 0 aliphatic rings. The second-order valence-electron chi connectivity index (χ2n) is 3.91. The number of amides is 1. The zero-order valence-electron chi connectivity index (χ0n) is 10.8. The number of hydrogen-bond acceptors (Lipinski definition) is 4. The second kappa shape index (κ2) is 6.78. The maximum absolute atomic E-state index is 13.4. The van der Waals surface area contributed by atoms with Gasteiger partial charge in [0.2, 0.25) is 5.91 Å². The van der Waals surface area contributed by atoms with E-state index in [9.17, 15) is 22.8 Å². The molecule has 1 aromatic carbocycles. The van der Waals surface area contributed by atoms with Gasteiger partial charge in [0, 0.05) is 25.6 Å². The Hall–Kier alpha value is -2.25. The van der Waals surface area contributed by atoms with Gasteiger partial charge in [-0.15, -0.1) is 0 Å². The van der Waals surface area contributed by atoms with E-state index in [1.165, 1.54) is 6.92 Å². The first-order valence-electron chi connectivity index (χ1n) is 5.58. The molecule has 1 rings (SSSR count). The average Bonchev–Trinajstić information content (AvgIpc) is 2.38. The van der Waals surface area contributed by atoms with Gasteiger partial charge in [-0.25, -0.2) is 18.0 Å². The minimum atomic E-state index is -1.36. The highest BCUT2D eigenvalue weighted by molar-refractivity contribution is 5.83. The molecule has 5 nitrogen and oxygen atoms in total. The Morgan fingerprint density at radius 1 is 1.30 bits per heavy atom. The van der Waals surface area contributed by atoms with Gasteiger partial charge in [0.05, 0.1) is 12.8 Å². The van der Waals surface area contributed by atoms with Crippen LogP contribution in [0.2, 0.25) is 0 Å². The van der Waals surface area contributed by atoms with E-state index < -0.39 is 41.1 Å². The molecule has 1 aromatic rings. The van der Waals surface area contributed by atoms with Crippen LogP contribution >= 0.6 is 0 Å². The first-order valence-corrected chi connectivity index (χ1v) is 5.58. The predicted octanol–water partition coefficient (Wildman–Crippen LogP) is 1.19. The largest absolute Gasteiger partial charge is 0.467 e. The SMILES string of the molecule is COC(=O)C(CNc1cc(F)cc(F)c1F)NC(C)=O. The molecule has 0 saturated carbocycles. The van der Waals surface area contributed by atoms with Crippen molar-refractivity contribution in [2.24, 2.45) is 0 Å². The van der Waals surface area contributed by atoms with Gasteiger partial charge in [-0.3, -0.25) is 4.79 Å². The molecular formula is C12H13F3N2O3. The lowest BCUT2D eigenvalue weighted by atomic mass is 10.2. The maximum atomic E-state index is 13.4. The molecule has 0 spiro atoms. The summed E-state index contributed by atoms with van der Waals surface area (Å²) in [5.74, 6) is -4.89. The van der Waals surface area contributed by atoms with E-state index >= 15 is 0 Å². The number of esters is 1. The Bertz CT molecular complexity index is 523. The Labute approximate surface area is 113 Å². The van der Waals surface area contributed by atoms with Crippen molar-refractivity contribution >= 4 is 17.6 Å². The molecule has 0 aliphatic heterocycles. The van der Waals surface area contributed by atoms with Crippen molar-refractivity contribution in [2.45, 2.75) is 13.0 Å². The number of benzene rings is 1. The van der Waals surface area contributed by atoms with Crippen molar-refractivity contribution in [3.8, 4) is 0 Å². The highest BCUT2D eigenvalue weighted by Gasteiger charge is 2.21. The minimum absolute atomic E-state index is 0.286. The Balaban J connectivity index is 2.82. The number of anilines is 1. The van der Waals surface area contributed by atoms with Crippen molar-refractivity contribution in [2.75, 3.05) is 19.0 Å². The van der Waals surface area contributed by atoms with Gasteiger partial charge in [0.1, 0.15) is 11.9 Å². The first kappa shape index (κ1) is 15.8. The molecule has 0 aromatic heterocycles. The summed E-state index contributed by atoms with van der Waals surface area (Å²) in [6, 6.07) is 0.0235. The summed E-state index contributed by atoms with van der Waals surface area (Å²) in [6.45, 7) is 0.893. The van der Waals surface area contributed by atoms with Gasteiger partial charge < -0.3 is 15.4 Å². The van der Waals surface area contributed by atoms with Crippen molar-refractivity contribution in [1.82, 2.24) is 5.32 Å². The molecule has 0 radical (unpaired) electrons. The van der Waals surface area contributed by atoms with Crippen LogP contribution in [0.3, 0.4) is 0 Å². The van der Waals surface area contributed by atoms with E-state index in [-0.39, 0.29) is 6.54 Å². The summed E-state index contributed by atoms with van der Waals surface area (Å²) in [5, 5.41) is 4.61. The number of halogens is 3. The van der Waals surface area contributed by atoms with Gasteiger partial charge in [0.25, 0.3) is 0 Å². The Morgan fingerprint density at radius 2 is 1.95 bits per heavy atom. The molecule has 1 amide bonds. The molecule has 0 fully saturated rings. The lowest BCUT2D eigenvalue weighted by Gasteiger charge is -2.17. The zero-order valence-corrected chi connectivity index (χ0v) is 10.8. The third-order valence-corrected chi connectivity index (χ3v) is 2.35. The van der Waals surface area contributed by atoms with E-state index in [0.717, 1.165) is 13.2 Å². The number of ether oxygens (including phenoxy) is 1. The topological polar surface area (TPSA) is 67.4 Å². The van der Waals surface area contributed by atoms with Gasteiger partial charge >= 0.3 is 5.97 Å². The molecule has 0 bridgehead atoms. The summed E-state index contributed by atoms with van der Waals surface area (Å²) in [6.07, 6.45) is 0. The molecule has 110 valence electrons. The van der Waals surface area contributed by atoms with Crippen LogP contribution in [0.5, 0.6) is 0 Å². The second-order valence-corrected chi connectivity index (χ2v) is 3.91. The van der Waals surface area contributed by atoms with Crippen molar-refractivity contribution in [3.63, 3.8) is 0 Å². The Morgan fingerprint density at radius 3 is 2.50 bits per heavy atom. The van der Waals surface area contributed by atoms with Crippen LogP contribution in [-0.4, -0.2) is 31.6 Å². The fraction of sp³-hybridized carbons (Fsp3) is 0.333. The van der Waals surface area contributed by atoms with Crippen LogP contribution < -0.4 is 10.6 Å². The molecule has 2 N–H and O–H groups in total. The zero-order chi connectivity index (χ0) is 15.3. The van der Waals surface area contributed by atoms with Gasteiger partial charge in [-0.05, 0) is 0 Å². The normalized spacial score (nSPS) is 11.7. The fourth-order valence-electron chi connectivity index (χ4n) is 1.48. The molecule has 1 unspecified atom stereocenters. The van der Waals surface area contributed by atoms with Crippen LogP contribution in [-0.2, 0) is 14.3 Å². The van der Waals surface area contributed by atoms with Gasteiger partial charge in [-0.1, -0.05) is 0 Å².